The van der Waals surface area contributed by atoms with Gasteiger partial charge in [0, 0.05) is 24.7 Å². The van der Waals surface area contributed by atoms with Crippen LogP contribution in [0.5, 0.6) is 0 Å². The van der Waals surface area contributed by atoms with Crippen molar-refractivity contribution in [2.75, 3.05) is 6.54 Å². The third-order valence-electron chi connectivity index (χ3n) is 2.78. The summed E-state index contributed by atoms with van der Waals surface area (Å²) in [6.45, 7) is 0.838. The molecule has 6 N–H and O–H groups in total. The zero-order chi connectivity index (χ0) is 13.0. The lowest BCUT2D eigenvalue weighted by molar-refractivity contribution is 0.783. The first kappa shape index (κ1) is 12.5. The van der Waals surface area contributed by atoms with Gasteiger partial charge >= 0.3 is 0 Å². The quantitative estimate of drug-likeness (QED) is 0.466. The topological polar surface area (TPSA) is 101 Å². The molecule has 2 aromatic rings. The van der Waals surface area contributed by atoms with Crippen LogP contribution in [0, 0.1) is 5.41 Å². The third kappa shape index (κ3) is 2.82. The second kappa shape index (κ2) is 5.57. The number of aromatic nitrogens is 1. The zero-order valence-electron chi connectivity index (χ0n) is 10.1. The van der Waals surface area contributed by atoms with Gasteiger partial charge in [0.25, 0.3) is 0 Å². The van der Waals surface area contributed by atoms with Crippen molar-refractivity contribution >= 4 is 16.7 Å². The fourth-order valence-electron chi connectivity index (χ4n) is 1.68. The maximum absolute atomic E-state index is 7.68. The molecule has 1 heterocycles. The number of rotatable bonds is 4. The summed E-state index contributed by atoms with van der Waals surface area (Å²) in [6, 6.07) is 9.51. The van der Waals surface area contributed by atoms with Gasteiger partial charge in [-0.2, -0.15) is 0 Å². The van der Waals surface area contributed by atoms with E-state index in [0.29, 0.717) is 6.54 Å². The highest BCUT2D eigenvalue weighted by Gasteiger charge is 2.06. The molecule has 0 saturated heterocycles. The Morgan fingerprint density at radius 3 is 3.00 bits per heavy atom. The molecule has 18 heavy (non-hydrogen) atoms. The number of amidine groups is 1. The van der Waals surface area contributed by atoms with Gasteiger partial charge in [-0.1, -0.05) is 12.1 Å². The second-order valence-electron chi connectivity index (χ2n) is 4.14. The Bertz CT molecular complexity index is 552. The zero-order valence-corrected chi connectivity index (χ0v) is 10.1. The number of nitrogens with one attached hydrogen (secondary N) is 2. The highest BCUT2D eigenvalue weighted by atomic mass is 15.0. The molecule has 1 aromatic carbocycles. The van der Waals surface area contributed by atoms with E-state index < -0.39 is 6.04 Å². The lowest BCUT2D eigenvalue weighted by Crippen LogP contribution is -2.44. The molecule has 94 valence electrons. The average Bonchev–Trinajstić information content (AvgIpc) is 2.43. The molecular formula is C13H17N5. The normalized spacial score (nSPS) is 12.3. The molecule has 0 aliphatic heterocycles. The van der Waals surface area contributed by atoms with E-state index in [1.54, 1.807) is 6.20 Å². The van der Waals surface area contributed by atoms with Gasteiger partial charge in [0.1, 0.15) is 5.84 Å². The van der Waals surface area contributed by atoms with Crippen molar-refractivity contribution in [2.24, 2.45) is 11.5 Å². The van der Waals surface area contributed by atoms with Crippen LogP contribution >= 0.6 is 0 Å². The van der Waals surface area contributed by atoms with Gasteiger partial charge in [-0.25, -0.2) is 0 Å². The molecule has 0 radical (unpaired) electrons. The van der Waals surface area contributed by atoms with E-state index in [4.69, 9.17) is 16.9 Å². The van der Waals surface area contributed by atoms with Gasteiger partial charge < -0.3 is 16.8 Å². The summed E-state index contributed by atoms with van der Waals surface area (Å²) in [4.78, 5) is 4.26. The fourth-order valence-corrected chi connectivity index (χ4v) is 1.68. The number of fused-ring (bicyclic) bond motifs is 1. The van der Waals surface area contributed by atoms with Crippen LogP contribution in [0.2, 0.25) is 0 Å². The van der Waals surface area contributed by atoms with Crippen LogP contribution in [0.25, 0.3) is 10.9 Å². The molecule has 1 atom stereocenters. The molecule has 0 aliphatic rings. The molecule has 0 aliphatic carbocycles. The van der Waals surface area contributed by atoms with E-state index in [2.05, 4.69) is 16.4 Å². The Morgan fingerprint density at radius 1 is 1.39 bits per heavy atom. The largest absolute Gasteiger partial charge is 0.369 e. The minimum atomic E-state index is -0.424. The molecule has 1 unspecified atom stereocenters. The van der Waals surface area contributed by atoms with Crippen LogP contribution in [0.3, 0.4) is 0 Å². The second-order valence-corrected chi connectivity index (χ2v) is 4.14. The molecule has 5 nitrogen and oxygen atoms in total. The van der Waals surface area contributed by atoms with Crippen LogP contribution in [-0.2, 0) is 6.54 Å². The van der Waals surface area contributed by atoms with Gasteiger partial charge in [0.2, 0.25) is 0 Å². The van der Waals surface area contributed by atoms with Crippen molar-refractivity contribution in [1.29, 1.82) is 5.41 Å². The molecule has 5 heteroatoms. The molecule has 1 aromatic heterocycles. The van der Waals surface area contributed by atoms with Crippen LogP contribution in [0.4, 0.5) is 0 Å². The van der Waals surface area contributed by atoms with E-state index in [-0.39, 0.29) is 12.4 Å². The van der Waals surface area contributed by atoms with Crippen molar-refractivity contribution in [1.82, 2.24) is 10.3 Å². The summed E-state index contributed by atoms with van der Waals surface area (Å²) in [5.74, 6) is 0.267. The van der Waals surface area contributed by atoms with Gasteiger partial charge in [0.05, 0.1) is 11.6 Å². The number of nitrogens with zero attached hydrogens (tertiary/aromatic N) is 1. The molecule has 0 spiro atoms. The van der Waals surface area contributed by atoms with Crippen molar-refractivity contribution in [3.05, 3.63) is 42.1 Å². The predicted octanol–water partition coefficient (Wildman–Crippen LogP) is 0.588. The standard InChI is InChI=1S/C13H17N5/c14-7-11(15)13(16)18-8-9-3-4-12-10(6-9)2-1-5-17-12/h1-6,11H,7-8,14-15H2,(H2,16,18). The summed E-state index contributed by atoms with van der Waals surface area (Å²) in [7, 11) is 0. The Morgan fingerprint density at radius 2 is 2.22 bits per heavy atom. The maximum atomic E-state index is 7.68. The van der Waals surface area contributed by atoms with Gasteiger partial charge in [-0.05, 0) is 23.8 Å². The lowest BCUT2D eigenvalue weighted by Gasteiger charge is -2.13. The molecule has 2 rings (SSSR count). The van der Waals surface area contributed by atoms with Crippen molar-refractivity contribution in [2.45, 2.75) is 12.6 Å². The Labute approximate surface area is 106 Å². The van der Waals surface area contributed by atoms with Crippen LogP contribution in [0.15, 0.2) is 36.5 Å². The van der Waals surface area contributed by atoms with Gasteiger partial charge in [-0.15, -0.1) is 0 Å². The highest BCUT2D eigenvalue weighted by molar-refractivity contribution is 5.84. The lowest BCUT2D eigenvalue weighted by atomic mass is 10.1. The fraction of sp³-hybridized carbons (Fsp3) is 0.231. The first-order valence-electron chi connectivity index (χ1n) is 5.82. The van der Waals surface area contributed by atoms with E-state index in [1.807, 2.05) is 24.3 Å². The summed E-state index contributed by atoms with van der Waals surface area (Å²) in [6.07, 6.45) is 1.77. The SMILES string of the molecule is N=C(NCc1ccc2ncccc2c1)C(N)CN. The maximum Gasteiger partial charge on any atom is 0.112 e. The first-order chi connectivity index (χ1) is 8.70. The number of pyridine rings is 1. The Balaban J connectivity index is 2.06. The molecular weight excluding hydrogens is 226 g/mol. The van der Waals surface area contributed by atoms with Crippen molar-refractivity contribution in [3.63, 3.8) is 0 Å². The third-order valence-corrected chi connectivity index (χ3v) is 2.78. The summed E-state index contributed by atoms with van der Waals surface area (Å²) >= 11 is 0. The van der Waals surface area contributed by atoms with Gasteiger partial charge in [-0.3, -0.25) is 10.4 Å². The van der Waals surface area contributed by atoms with Crippen LogP contribution < -0.4 is 16.8 Å². The Kier molecular flexibility index (Phi) is 3.86. The van der Waals surface area contributed by atoms with Crippen molar-refractivity contribution in [3.8, 4) is 0 Å². The van der Waals surface area contributed by atoms with Crippen molar-refractivity contribution < 1.29 is 0 Å². The Hall–Kier alpha value is -1.98. The summed E-state index contributed by atoms with van der Waals surface area (Å²) in [5, 5.41) is 11.7. The molecule has 0 fully saturated rings. The highest BCUT2D eigenvalue weighted by Crippen LogP contribution is 2.12. The minimum absolute atomic E-state index is 0.267. The molecule has 0 saturated carbocycles. The number of nitrogens with two attached hydrogens (primary N) is 2. The van der Waals surface area contributed by atoms with E-state index in [0.717, 1.165) is 16.5 Å². The van der Waals surface area contributed by atoms with E-state index in [1.165, 1.54) is 0 Å². The van der Waals surface area contributed by atoms with E-state index in [9.17, 15) is 0 Å². The average molecular weight is 243 g/mol. The summed E-state index contributed by atoms with van der Waals surface area (Å²) in [5.41, 5.74) is 13.1. The van der Waals surface area contributed by atoms with Crippen LogP contribution in [-0.4, -0.2) is 23.4 Å². The monoisotopic (exact) mass is 243 g/mol. The minimum Gasteiger partial charge on any atom is -0.369 e. The van der Waals surface area contributed by atoms with Gasteiger partial charge in [0.15, 0.2) is 0 Å². The number of hydrogen-bond donors (Lipinski definition) is 4. The number of hydrogen-bond acceptors (Lipinski definition) is 4. The van der Waals surface area contributed by atoms with E-state index >= 15 is 0 Å². The first-order valence-corrected chi connectivity index (χ1v) is 5.82. The summed E-state index contributed by atoms with van der Waals surface area (Å²) < 4.78 is 0. The number of benzene rings is 1. The molecule has 0 bridgehead atoms. The molecule has 0 amide bonds. The predicted molar refractivity (Wildman–Crippen MR) is 73.3 cm³/mol. The van der Waals surface area contributed by atoms with Crippen LogP contribution in [0.1, 0.15) is 5.56 Å². The smallest absolute Gasteiger partial charge is 0.112 e.